The average Bonchev–Trinajstić information content (AvgIpc) is 2.22. The number of ether oxygens (including phenoxy) is 2. The van der Waals surface area contributed by atoms with Crippen LogP contribution >= 0.6 is 0 Å². The molecule has 0 aliphatic rings. The Kier molecular flexibility index (Phi) is 5.60. The van der Waals surface area contributed by atoms with Gasteiger partial charge in [-0.3, -0.25) is 4.90 Å². The molecule has 0 saturated carbocycles. The Bertz CT molecular complexity index is 367. The van der Waals surface area contributed by atoms with E-state index in [1.165, 1.54) is 14.0 Å². The lowest BCUT2D eigenvalue weighted by Crippen LogP contribution is -2.58. The van der Waals surface area contributed by atoms with E-state index in [0.29, 0.717) is 0 Å². The van der Waals surface area contributed by atoms with Crippen molar-refractivity contribution in [3.8, 4) is 0 Å². The van der Waals surface area contributed by atoms with Crippen LogP contribution in [0.1, 0.15) is 48.5 Å². The molecule has 1 atom stereocenters. The van der Waals surface area contributed by atoms with Crippen molar-refractivity contribution in [3.63, 3.8) is 0 Å². The maximum absolute atomic E-state index is 12.2. The van der Waals surface area contributed by atoms with Crippen LogP contribution in [0.3, 0.4) is 0 Å². The number of nitrogens with zero attached hydrogens (tertiary/aromatic N) is 1. The van der Waals surface area contributed by atoms with Gasteiger partial charge in [0, 0.05) is 7.05 Å². The average molecular weight is 289 g/mol. The fourth-order valence-electron chi connectivity index (χ4n) is 1.23. The normalized spacial score (nSPS) is 15.2. The predicted molar refractivity (Wildman–Crippen MR) is 75.3 cm³/mol. The maximum Gasteiger partial charge on any atom is 0.411 e. The van der Waals surface area contributed by atoms with Crippen molar-refractivity contribution in [2.45, 2.75) is 65.2 Å². The molecule has 20 heavy (non-hydrogen) atoms. The molecule has 0 fully saturated rings. The first kappa shape index (κ1) is 18.7. The lowest BCUT2D eigenvalue weighted by atomic mass is 10.0. The molecule has 0 bridgehead atoms. The number of hydrogen-bond acceptors (Lipinski definition) is 5. The second-order valence-corrected chi connectivity index (χ2v) is 6.97. The lowest BCUT2D eigenvalue weighted by Gasteiger charge is -2.37. The van der Waals surface area contributed by atoms with E-state index in [0.717, 1.165) is 4.90 Å². The Morgan fingerprint density at radius 1 is 0.950 bits per heavy atom. The minimum atomic E-state index is -1.49. The molecule has 0 aliphatic heterocycles. The first-order valence-corrected chi connectivity index (χ1v) is 6.54. The molecule has 0 saturated heterocycles. The van der Waals surface area contributed by atoms with Gasteiger partial charge >= 0.3 is 12.1 Å². The van der Waals surface area contributed by atoms with Gasteiger partial charge in [0.05, 0.1) is 6.61 Å². The van der Waals surface area contributed by atoms with Gasteiger partial charge < -0.3 is 14.6 Å². The lowest BCUT2D eigenvalue weighted by molar-refractivity contribution is -0.170. The minimum Gasteiger partial charge on any atom is -0.458 e. The van der Waals surface area contributed by atoms with E-state index in [1.807, 2.05) is 0 Å². The number of aliphatic hydroxyl groups excluding tert-OH is 1. The van der Waals surface area contributed by atoms with Crippen LogP contribution in [-0.2, 0) is 14.3 Å². The first-order chi connectivity index (χ1) is 8.73. The van der Waals surface area contributed by atoms with E-state index in [2.05, 4.69) is 0 Å². The minimum absolute atomic E-state index is 0.558. The molecule has 0 heterocycles. The van der Waals surface area contributed by atoms with Crippen molar-refractivity contribution >= 4 is 12.1 Å². The van der Waals surface area contributed by atoms with E-state index in [9.17, 15) is 14.7 Å². The maximum atomic E-state index is 12.2. The van der Waals surface area contributed by atoms with Crippen molar-refractivity contribution in [3.05, 3.63) is 0 Å². The van der Waals surface area contributed by atoms with E-state index in [4.69, 9.17) is 9.47 Å². The smallest absolute Gasteiger partial charge is 0.411 e. The molecule has 1 amide bonds. The summed E-state index contributed by atoms with van der Waals surface area (Å²) in [6.07, 6.45) is -0.695. The van der Waals surface area contributed by atoms with E-state index >= 15 is 0 Å². The quantitative estimate of drug-likeness (QED) is 0.804. The molecule has 0 spiro atoms. The van der Waals surface area contributed by atoms with Gasteiger partial charge in [-0.05, 0) is 48.5 Å². The fourth-order valence-corrected chi connectivity index (χ4v) is 1.23. The van der Waals surface area contributed by atoms with Crippen LogP contribution in [0.5, 0.6) is 0 Å². The predicted octanol–water partition coefficient (Wildman–Crippen LogP) is 1.95. The van der Waals surface area contributed by atoms with Crippen LogP contribution in [0.4, 0.5) is 4.79 Å². The topological polar surface area (TPSA) is 76.1 Å². The second-order valence-electron chi connectivity index (χ2n) is 6.97. The Labute approximate surface area is 121 Å². The Morgan fingerprint density at radius 2 is 1.35 bits per heavy atom. The zero-order valence-corrected chi connectivity index (χ0v) is 13.7. The summed E-state index contributed by atoms with van der Waals surface area (Å²) in [5.41, 5.74) is -2.88. The van der Waals surface area contributed by atoms with Crippen LogP contribution in [0, 0.1) is 0 Å². The zero-order valence-electron chi connectivity index (χ0n) is 13.7. The first-order valence-electron chi connectivity index (χ1n) is 6.54. The molecule has 0 aliphatic carbocycles. The molecule has 6 heteroatoms. The molecule has 1 N–H and O–H groups in total. The molecule has 0 radical (unpaired) electrons. The third-order valence-corrected chi connectivity index (χ3v) is 2.55. The van der Waals surface area contributed by atoms with Gasteiger partial charge in [-0.1, -0.05) is 0 Å². The van der Waals surface area contributed by atoms with Crippen LogP contribution in [0.15, 0.2) is 0 Å². The third kappa shape index (κ3) is 5.36. The molecular weight excluding hydrogens is 262 g/mol. The number of rotatable bonds is 3. The standard InChI is InChI=1S/C14H27NO5/c1-12(2,3)19-10(17)14(7,9-16)15(8)11(18)20-13(4,5)6/h16H,9H2,1-8H3. The highest BCUT2D eigenvalue weighted by Crippen LogP contribution is 2.21. The summed E-state index contributed by atoms with van der Waals surface area (Å²) < 4.78 is 10.4. The Balaban J connectivity index is 5.13. The van der Waals surface area contributed by atoms with E-state index in [1.54, 1.807) is 41.5 Å². The van der Waals surface area contributed by atoms with Crippen LogP contribution in [0.2, 0.25) is 0 Å². The van der Waals surface area contributed by atoms with Crippen molar-refractivity contribution in [1.29, 1.82) is 0 Å². The van der Waals surface area contributed by atoms with Gasteiger partial charge in [0.2, 0.25) is 0 Å². The Hall–Kier alpha value is -1.30. The number of esters is 1. The van der Waals surface area contributed by atoms with Gasteiger partial charge in [0.25, 0.3) is 0 Å². The highest BCUT2D eigenvalue weighted by atomic mass is 16.6. The second kappa shape index (κ2) is 5.99. The molecule has 0 rings (SSSR count). The summed E-state index contributed by atoms with van der Waals surface area (Å²) in [6.45, 7) is 11.2. The number of hydrogen-bond donors (Lipinski definition) is 1. The largest absolute Gasteiger partial charge is 0.458 e. The number of amides is 1. The van der Waals surface area contributed by atoms with Crippen LogP contribution in [0.25, 0.3) is 0 Å². The molecule has 0 aromatic heterocycles. The van der Waals surface area contributed by atoms with Gasteiger partial charge in [-0.2, -0.15) is 0 Å². The van der Waals surface area contributed by atoms with Gasteiger partial charge in [0.1, 0.15) is 11.2 Å². The third-order valence-electron chi connectivity index (χ3n) is 2.55. The van der Waals surface area contributed by atoms with Gasteiger partial charge in [-0.15, -0.1) is 0 Å². The zero-order chi connectivity index (χ0) is 16.4. The summed E-state index contributed by atoms with van der Waals surface area (Å²) >= 11 is 0. The highest BCUT2D eigenvalue weighted by Gasteiger charge is 2.44. The van der Waals surface area contributed by atoms with Crippen LogP contribution < -0.4 is 0 Å². The number of likely N-dealkylation sites (N-methyl/N-ethyl adjacent to an activating group) is 1. The van der Waals surface area contributed by atoms with Crippen molar-refractivity contribution in [2.75, 3.05) is 13.7 Å². The Morgan fingerprint density at radius 3 is 1.65 bits per heavy atom. The molecule has 1 unspecified atom stereocenters. The molecule has 0 aromatic rings. The number of aliphatic hydroxyl groups is 1. The SMILES string of the molecule is CN(C(=O)OC(C)(C)C)C(C)(CO)C(=O)OC(C)(C)C. The molecular formula is C14H27NO5. The molecule has 6 nitrogen and oxygen atoms in total. The van der Waals surface area contributed by atoms with Crippen molar-refractivity contribution in [1.82, 2.24) is 4.90 Å². The van der Waals surface area contributed by atoms with E-state index < -0.39 is 35.4 Å². The monoisotopic (exact) mass is 289 g/mol. The summed E-state index contributed by atoms with van der Waals surface area (Å²) in [5, 5.41) is 9.52. The highest BCUT2D eigenvalue weighted by molar-refractivity contribution is 5.85. The number of carbonyl (C=O) groups excluding carboxylic acids is 2. The van der Waals surface area contributed by atoms with E-state index in [-0.39, 0.29) is 0 Å². The summed E-state index contributed by atoms with van der Waals surface area (Å²) in [7, 11) is 1.40. The fraction of sp³-hybridized carbons (Fsp3) is 0.857. The number of carbonyl (C=O) groups is 2. The molecule has 0 aromatic carbocycles. The molecule has 118 valence electrons. The van der Waals surface area contributed by atoms with Crippen molar-refractivity contribution < 1.29 is 24.2 Å². The van der Waals surface area contributed by atoms with Crippen molar-refractivity contribution in [2.24, 2.45) is 0 Å². The van der Waals surface area contributed by atoms with Crippen LogP contribution in [-0.4, -0.2) is 52.5 Å². The van der Waals surface area contributed by atoms with Gasteiger partial charge in [0.15, 0.2) is 5.54 Å². The summed E-state index contributed by atoms with van der Waals surface area (Å²) in [5.74, 6) is -0.680. The summed E-state index contributed by atoms with van der Waals surface area (Å²) in [6, 6.07) is 0. The summed E-state index contributed by atoms with van der Waals surface area (Å²) in [4.78, 5) is 25.3. The van der Waals surface area contributed by atoms with Gasteiger partial charge in [-0.25, -0.2) is 9.59 Å².